The number of nitrogens with zero attached hydrogens (tertiary/aromatic N) is 1. The molecule has 0 aliphatic heterocycles. The molecule has 0 atom stereocenters. The van der Waals surface area contributed by atoms with Gasteiger partial charge in [-0.25, -0.2) is 9.78 Å². The van der Waals surface area contributed by atoms with Gasteiger partial charge in [-0.15, -0.1) is 0 Å². The molecule has 1 aromatic heterocycles. The molecular weight excluding hydrogens is 194 g/mol. The lowest BCUT2D eigenvalue weighted by Gasteiger charge is -2.17. The lowest BCUT2D eigenvalue weighted by atomic mass is 9.90. The molecule has 1 aromatic rings. The van der Waals surface area contributed by atoms with E-state index in [4.69, 9.17) is 9.52 Å². The van der Waals surface area contributed by atoms with Gasteiger partial charge in [0, 0.05) is 5.41 Å². The summed E-state index contributed by atoms with van der Waals surface area (Å²) >= 11 is 0. The second kappa shape index (κ2) is 4.04. The Kier molecular flexibility index (Phi) is 3.17. The first-order valence-electron chi connectivity index (χ1n) is 5.15. The average molecular weight is 211 g/mol. The van der Waals surface area contributed by atoms with Crippen LogP contribution in [0.2, 0.25) is 0 Å². The van der Waals surface area contributed by atoms with E-state index in [0.29, 0.717) is 18.0 Å². The van der Waals surface area contributed by atoms with Crippen molar-refractivity contribution in [1.29, 1.82) is 0 Å². The topological polar surface area (TPSA) is 63.3 Å². The van der Waals surface area contributed by atoms with Crippen LogP contribution in [-0.2, 0) is 11.8 Å². The Morgan fingerprint density at radius 3 is 2.40 bits per heavy atom. The molecule has 4 nitrogen and oxygen atoms in total. The number of aromatic nitrogens is 1. The predicted molar refractivity (Wildman–Crippen MR) is 56.2 cm³/mol. The fraction of sp³-hybridized carbons (Fsp3) is 0.636. The number of aromatic carboxylic acids is 1. The fourth-order valence-corrected chi connectivity index (χ4v) is 1.20. The summed E-state index contributed by atoms with van der Waals surface area (Å²) in [5, 5.41) is 8.91. The van der Waals surface area contributed by atoms with Gasteiger partial charge in [-0.05, 0) is 12.8 Å². The van der Waals surface area contributed by atoms with Gasteiger partial charge in [0.1, 0.15) is 0 Å². The minimum absolute atomic E-state index is 0.0194. The Hall–Kier alpha value is -1.32. The van der Waals surface area contributed by atoms with Crippen molar-refractivity contribution >= 4 is 5.97 Å². The highest BCUT2D eigenvalue weighted by atomic mass is 16.4. The minimum Gasteiger partial charge on any atom is -0.475 e. The Bertz CT molecular complexity index is 366. The third-order valence-corrected chi connectivity index (χ3v) is 2.69. The monoisotopic (exact) mass is 211 g/mol. The number of aryl methyl sites for hydroxylation is 1. The van der Waals surface area contributed by atoms with Gasteiger partial charge < -0.3 is 9.52 Å². The summed E-state index contributed by atoms with van der Waals surface area (Å²) in [7, 11) is 0. The zero-order valence-corrected chi connectivity index (χ0v) is 9.63. The fourth-order valence-electron chi connectivity index (χ4n) is 1.20. The second-order valence-corrected chi connectivity index (χ2v) is 4.19. The van der Waals surface area contributed by atoms with Crippen LogP contribution < -0.4 is 0 Å². The third kappa shape index (κ3) is 2.19. The first-order valence-corrected chi connectivity index (χ1v) is 5.15. The van der Waals surface area contributed by atoms with Crippen molar-refractivity contribution in [3.8, 4) is 0 Å². The number of hydrogen-bond acceptors (Lipinski definition) is 3. The summed E-state index contributed by atoms with van der Waals surface area (Å²) in [6.45, 7) is 7.87. The van der Waals surface area contributed by atoms with E-state index in [1.165, 1.54) is 0 Å². The van der Waals surface area contributed by atoms with Crippen molar-refractivity contribution in [3.05, 3.63) is 17.3 Å². The van der Waals surface area contributed by atoms with E-state index in [1.807, 2.05) is 27.7 Å². The maximum Gasteiger partial charge on any atom is 0.373 e. The molecule has 0 aliphatic carbocycles. The zero-order valence-electron chi connectivity index (χ0n) is 9.63. The Morgan fingerprint density at radius 1 is 1.47 bits per heavy atom. The van der Waals surface area contributed by atoms with Crippen molar-refractivity contribution in [2.24, 2.45) is 0 Å². The summed E-state index contributed by atoms with van der Waals surface area (Å²) in [6, 6.07) is 0. The highest BCUT2D eigenvalue weighted by Gasteiger charge is 2.28. The van der Waals surface area contributed by atoms with Crippen LogP contribution in [0, 0.1) is 0 Å². The van der Waals surface area contributed by atoms with E-state index in [0.717, 1.165) is 6.42 Å². The molecule has 0 amide bonds. The van der Waals surface area contributed by atoms with Crippen LogP contribution in [0.25, 0.3) is 0 Å². The number of oxazole rings is 1. The summed E-state index contributed by atoms with van der Waals surface area (Å²) in [4.78, 5) is 15.1. The molecule has 0 bridgehead atoms. The molecule has 0 unspecified atom stereocenters. The molecule has 15 heavy (non-hydrogen) atoms. The van der Waals surface area contributed by atoms with Crippen LogP contribution in [0.15, 0.2) is 4.42 Å². The maximum absolute atomic E-state index is 10.9. The first-order chi connectivity index (χ1) is 6.92. The van der Waals surface area contributed by atoms with E-state index >= 15 is 0 Å². The van der Waals surface area contributed by atoms with Crippen LogP contribution in [-0.4, -0.2) is 16.1 Å². The summed E-state index contributed by atoms with van der Waals surface area (Å²) in [6.07, 6.45) is 1.43. The quantitative estimate of drug-likeness (QED) is 0.831. The molecule has 4 heteroatoms. The van der Waals surface area contributed by atoms with E-state index < -0.39 is 5.97 Å². The minimum atomic E-state index is -1.04. The third-order valence-electron chi connectivity index (χ3n) is 2.69. The highest BCUT2D eigenvalue weighted by Crippen LogP contribution is 2.27. The number of hydrogen-bond donors (Lipinski definition) is 1. The molecule has 0 fully saturated rings. The van der Waals surface area contributed by atoms with E-state index in [-0.39, 0.29) is 11.2 Å². The number of carbonyl (C=O) groups is 1. The second-order valence-electron chi connectivity index (χ2n) is 4.19. The van der Waals surface area contributed by atoms with Crippen molar-refractivity contribution in [2.45, 2.75) is 46.0 Å². The van der Waals surface area contributed by atoms with Crippen LogP contribution >= 0.6 is 0 Å². The Morgan fingerprint density at radius 2 is 2.07 bits per heavy atom. The van der Waals surface area contributed by atoms with Gasteiger partial charge in [0.05, 0.1) is 5.69 Å². The lowest BCUT2D eigenvalue weighted by Crippen LogP contribution is -2.15. The standard InChI is InChI=1S/C11H17NO3/c1-5-7-8(9(13)14)15-10(12-7)11(3,4)6-2/h5-6H2,1-4H3,(H,13,14). The summed E-state index contributed by atoms with van der Waals surface area (Å²) < 4.78 is 5.31. The Balaban J connectivity index is 3.19. The molecule has 0 saturated carbocycles. The first kappa shape index (κ1) is 11.8. The van der Waals surface area contributed by atoms with Crippen LogP contribution in [0.5, 0.6) is 0 Å². The SMILES string of the molecule is CCc1nc(C(C)(C)CC)oc1C(=O)O. The van der Waals surface area contributed by atoms with Crippen molar-refractivity contribution in [3.63, 3.8) is 0 Å². The van der Waals surface area contributed by atoms with Gasteiger partial charge in [-0.3, -0.25) is 0 Å². The number of carboxylic acid groups (broad SMARTS) is 1. The smallest absolute Gasteiger partial charge is 0.373 e. The highest BCUT2D eigenvalue weighted by molar-refractivity contribution is 5.85. The molecule has 0 aromatic carbocycles. The lowest BCUT2D eigenvalue weighted by molar-refractivity contribution is 0.0656. The van der Waals surface area contributed by atoms with Crippen molar-refractivity contribution < 1.29 is 14.3 Å². The largest absolute Gasteiger partial charge is 0.475 e. The molecular formula is C11H17NO3. The molecule has 0 aliphatic rings. The average Bonchev–Trinajstić information content (AvgIpc) is 2.62. The van der Waals surface area contributed by atoms with Crippen LogP contribution in [0.1, 0.15) is 56.3 Å². The van der Waals surface area contributed by atoms with Crippen molar-refractivity contribution in [2.75, 3.05) is 0 Å². The van der Waals surface area contributed by atoms with Crippen LogP contribution in [0.3, 0.4) is 0 Å². The van der Waals surface area contributed by atoms with Gasteiger partial charge in [-0.1, -0.05) is 27.7 Å². The van der Waals surface area contributed by atoms with Gasteiger partial charge in [0.2, 0.25) is 11.7 Å². The maximum atomic E-state index is 10.9. The van der Waals surface area contributed by atoms with E-state index in [1.54, 1.807) is 0 Å². The van der Waals surface area contributed by atoms with E-state index in [9.17, 15) is 4.79 Å². The van der Waals surface area contributed by atoms with E-state index in [2.05, 4.69) is 4.98 Å². The molecule has 0 spiro atoms. The van der Waals surface area contributed by atoms with Gasteiger partial charge in [-0.2, -0.15) is 0 Å². The molecule has 1 heterocycles. The molecule has 1 N–H and O–H groups in total. The molecule has 84 valence electrons. The van der Waals surface area contributed by atoms with Crippen LogP contribution in [0.4, 0.5) is 0 Å². The normalized spacial score (nSPS) is 11.7. The van der Waals surface area contributed by atoms with Gasteiger partial charge in [0.25, 0.3) is 0 Å². The molecule has 0 saturated heterocycles. The summed E-state index contributed by atoms with van der Waals surface area (Å²) in [5.74, 6) is -0.550. The molecule has 1 rings (SSSR count). The number of rotatable bonds is 4. The van der Waals surface area contributed by atoms with Gasteiger partial charge in [0.15, 0.2) is 0 Å². The summed E-state index contributed by atoms with van der Waals surface area (Å²) in [5.41, 5.74) is 0.316. The van der Waals surface area contributed by atoms with Crippen molar-refractivity contribution in [1.82, 2.24) is 4.98 Å². The molecule has 0 radical (unpaired) electrons. The Labute approximate surface area is 89.3 Å². The zero-order chi connectivity index (χ0) is 11.6. The predicted octanol–water partition coefficient (Wildman–Crippen LogP) is 2.62. The van der Waals surface area contributed by atoms with Gasteiger partial charge >= 0.3 is 5.97 Å². The number of carboxylic acids is 1.